The average molecular weight is 1420 g/mol. The van der Waals surface area contributed by atoms with Gasteiger partial charge in [-0.15, -0.1) is 0 Å². The highest BCUT2D eigenvalue weighted by Gasteiger charge is 2.46. The van der Waals surface area contributed by atoms with Crippen molar-refractivity contribution in [2.75, 3.05) is 161 Å². The first-order valence-electron chi connectivity index (χ1n) is 33.9. The van der Waals surface area contributed by atoms with Crippen molar-refractivity contribution in [2.45, 2.75) is 153 Å². The van der Waals surface area contributed by atoms with Crippen molar-refractivity contribution < 1.29 is 65.4 Å². The lowest BCUT2D eigenvalue weighted by molar-refractivity contribution is -0.133. The molecule has 5 rings (SSSR count). The maximum atomic E-state index is 15.0. The fourth-order valence-electron chi connectivity index (χ4n) is 12.4. The van der Waals surface area contributed by atoms with Crippen LogP contribution in [0.2, 0.25) is 0 Å². The Bertz CT molecular complexity index is 2770. The first kappa shape index (κ1) is 82.3. The number of rotatable bonds is 43. The maximum Gasteiger partial charge on any atom is 0.345 e. The van der Waals surface area contributed by atoms with Crippen LogP contribution in [0.4, 0.5) is 0 Å². The third-order valence-electron chi connectivity index (χ3n) is 17.3. The summed E-state index contributed by atoms with van der Waals surface area (Å²) < 4.78 is 90.4. The van der Waals surface area contributed by atoms with E-state index in [2.05, 4.69) is 36.2 Å². The summed E-state index contributed by atoms with van der Waals surface area (Å²) in [5, 5.41) is 11.9. The first-order chi connectivity index (χ1) is 45.6. The Morgan fingerprint density at radius 2 is 1.15 bits per heavy atom. The van der Waals surface area contributed by atoms with Crippen molar-refractivity contribution in [3.8, 4) is 0 Å². The van der Waals surface area contributed by atoms with Gasteiger partial charge in [-0.2, -0.15) is 0 Å². The van der Waals surface area contributed by atoms with Crippen LogP contribution in [-0.4, -0.2) is 284 Å². The zero-order valence-electron chi connectivity index (χ0n) is 58.7. The quantitative estimate of drug-likeness (QED) is 0.0201. The van der Waals surface area contributed by atoms with Gasteiger partial charge in [0.25, 0.3) is 7.52 Å². The van der Waals surface area contributed by atoms with Crippen molar-refractivity contribution in [2.24, 2.45) is 38.8 Å². The number of ether oxygens (including phenoxy) is 3. The molecule has 4 saturated heterocycles. The van der Waals surface area contributed by atoms with E-state index in [1.54, 1.807) is 65.9 Å². The number of carbonyl (C=O) groups excluding carboxylic acids is 5. The number of benzene rings is 1. The van der Waals surface area contributed by atoms with Crippen LogP contribution in [-0.2, 0) is 71.9 Å². The number of hydrogen-bond donors (Lipinski definition) is 8. The normalized spacial score (nSPS) is 23.8. The molecule has 34 heteroatoms. The highest BCUT2D eigenvalue weighted by atomic mass is 31.2. The molecular formula is C62H116N17O14P3. The largest absolute Gasteiger partial charge is 0.370 e. The van der Waals surface area contributed by atoms with Gasteiger partial charge in [0.2, 0.25) is 17.7 Å². The third-order valence-corrected chi connectivity index (χ3v) is 24.9. The van der Waals surface area contributed by atoms with E-state index in [-0.39, 0.29) is 157 Å². The van der Waals surface area contributed by atoms with Gasteiger partial charge in [-0.3, -0.25) is 47.7 Å². The standard InChI is InChI=1S/C62H116N17O14P3/c1-46-36-75(10)39-51(91-46)42-88-94(85,45-67-4)78-37-47(2)92-52(40-78)43-90-96(87,74(8)9)79-38-48(3)93-53(41-79)44-89-95(86,73(6)7)77-32-30-76(31-33-77)59(83)26-29-69-58(82)25-17-12-11-16-24-56(80)55(23-19-28-71-62(65)66)72-60(84)50(34-49-20-14-13-15-21-49)35-57(81)54(68-5)22-18-27-70-61(63)64/h13-15,20-21,46-48,50-55,67-68H,11-12,16-19,22-45H2,1-10H3,(H,69,82)(H,72,84)(H4,63,64,70)(H4,65,66,71). The molecule has 548 valence electrons. The number of Topliss-reactive ketones (excluding diaryl/α,β-unsaturated/α-hetero) is 2. The van der Waals surface area contributed by atoms with Gasteiger partial charge >= 0.3 is 15.3 Å². The molecule has 4 aliphatic heterocycles. The van der Waals surface area contributed by atoms with Crippen molar-refractivity contribution in [1.29, 1.82) is 0 Å². The molecule has 1 aromatic rings. The number of carbonyl (C=O) groups is 5. The lowest BCUT2D eigenvalue weighted by atomic mass is 9.89. The second-order valence-electron chi connectivity index (χ2n) is 26.1. The molecule has 0 spiro atoms. The van der Waals surface area contributed by atoms with Crippen molar-refractivity contribution in [3.05, 3.63) is 35.9 Å². The topological polar surface area (TPSA) is 392 Å². The lowest BCUT2D eigenvalue weighted by Crippen LogP contribution is -2.51. The van der Waals surface area contributed by atoms with Crippen LogP contribution in [0.1, 0.15) is 103 Å². The highest BCUT2D eigenvalue weighted by molar-refractivity contribution is 7.56. The Hall–Kier alpha value is -4.36. The summed E-state index contributed by atoms with van der Waals surface area (Å²) in [7, 11) is 1.44. The average Bonchev–Trinajstić information content (AvgIpc) is 0.801. The van der Waals surface area contributed by atoms with Crippen LogP contribution in [0.3, 0.4) is 0 Å². The minimum atomic E-state index is -3.71. The van der Waals surface area contributed by atoms with E-state index in [9.17, 15) is 33.1 Å². The van der Waals surface area contributed by atoms with Crippen molar-refractivity contribution in [1.82, 2.24) is 54.4 Å². The number of unbranched alkanes of at least 4 members (excludes halogenated alkanes) is 3. The second kappa shape index (κ2) is 41.4. The zero-order valence-corrected chi connectivity index (χ0v) is 61.4. The molecule has 0 aliphatic carbocycles. The Balaban J connectivity index is 1.04. The second-order valence-corrected chi connectivity index (χ2v) is 33.7. The number of hydrogen-bond acceptors (Lipinski definition) is 19. The number of nitrogens with zero attached hydrogens (tertiary/aromatic N) is 9. The number of nitrogens with one attached hydrogen (secondary N) is 4. The molecule has 4 fully saturated rings. The van der Waals surface area contributed by atoms with Crippen LogP contribution in [0, 0.1) is 5.92 Å². The summed E-state index contributed by atoms with van der Waals surface area (Å²) in [6, 6.07) is 8.05. The van der Waals surface area contributed by atoms with E-state index in [1.165, 1.54) is 0 Å². The molecule has 1 aromatic carbocycles. The molecule has 4 heterocycles. The Morgan fingerprint density at radius 1 is 0.625 bits per heavy atom. The number of guanidine groups is 2. The van der Waals surface area contributed by atoms with Gasteiger partial charge in [-0.25, -0.2) is 23.4 Å². The van der Waals surface area contributed by atoms with Crippen molar-refractivity contribution >= 4 is 64.1 Å². The summed E-state index contributed by atoms with van der Waals surface area (Å²) in [5.41, 5.74) is 22.9. The number of amides is 3. The van der Waals surface area contributed by atoms with E-state index < -0.39 is 59.0 Å². The predicted octanol–water partition coefficient (Wildman–Crippen LogP) is 2.20. The summed E-state index contributed by atoms with van der Waals surface area (Å²) in [5.74, 6) is -1.88. The Labute approximate surface area is 569 Å². The minimum Gasteiger partial charge on any atom is -0.370 e. The van der Waals surface area contributed by atoms with E-state index >= 15 is 4.57 Å². The molecule has 12 atom stereocenters. The van der Waals surface area contributed by atoms with E-state index in [4.69, 9.17) is 50.7 Å². The van der Waals surface area contributed by atoms with Gasteiger partial charge in [0.05, 0.1) is 74.8 Å². The lowest BCUT2D eigenvalue weighted by Gasteiger charge is -2.44. The van der Waals surface area contributed by atoms with Gasteiger partial charge in [0.15, 0.2) is 23.5 Å². The number of piperazine rings is 1. The minimum absolute atomic E-state index is 0.0260. The molecule has 96 heavy (non-hydrogen) atoms. The molecule has 0 aromatic heterocycles. The third kappa shape index (κ3) is 27.3. The fraction of sp³-hybridized carbons (Fsp3) is 0.790. The molecule has 12 unspecified atom stereocenters. The summed E-state index contributed by atoms with van der Waals surface area (Å²) in [6.07, 6.45) is 2.96. The smallest absolute Gasteiger partial charge is 0.345 e. The predicted molar refractivity (Wildman–Crippen MR) is 372 cm³/mol. The number of aliphatic imine (C=N–C) groups is 2. The van der Waals surface area contributed by atoms with Gasteiger partial charge in [0.1, 0.15) is 0 Å². The van der Waals surface area contributed by atoms with Crippen molar-refractivity contribution in [3.63, 3.8) is 0 Å². The molecule has 12 N–H and O–H groups in total. The summed E-state index contributed by atoms with van der Waals surface area (Å²) in [6.45, 7) is 10.2. The molecule has 4 aliphatic rings. The van der Waals surface area contributed by atoms with E-state index in [0.717, 1.165) is 12.1 Å². The number of nitrogens with two attached hydrogens (primary N) is 4. The van der Waals surface area contributed by atoms with Crippen LogP contribution in [0.5, 0.6) is 0 Å². The SMILES string of the molecule is CNCP(=O)(OCC1CN(C)CC(C)O1)N1CC(C)OC(COP(=O)(N(C)C)N2CC(C)OC(COP(=O)(N(C)C)N3CCN(C(=O)CCNC(=O)CCCCCCC(=O)C(CCCN=C(N)N)NC(=O)C(CC(=O)C(CCCN=C(N)N)NC)Cc4ccccc4)CC3)C2)C1. The van der Waals surface area contributed by atoms with Crippen LogP contribution in [0.15, 0.2) is 40.3 Å². The van der Waals surface area contributed by atoms with Crippen LogP contribution in [0.25, 0.3) is 0 Å². The summed E-state index contributed by atoms with van der Waals surface area (Å²) >= 11 is 0. The van der Waals surface area contributed by atoms with E-state index in [1.807, 2.05) is 62.8 Å². The molecular weight excluding hydrogens is 1300 g/mol. The fourth-order valence-corrected chi connectivity index (χ4v) is 18.6. The number of ketones is 2. The van der Waals surface area contributed by atoms with Gasteiger partial charge in [-0.05, 0) is 121 Å². The summed E-state index contributed by atoms with van der Waals surface area (Å²) in [4.78, 5) is 79.7. The zero-order chi connectivity index (χ0) is 70.6. The molecule has 0 bridgehead atoms. The van der Waals surface area contributed by atoms with E-state index in [0.29, 0.717) is 90.5 Å². The molecule has 0 saturated carbocycles. The molecule has 0 radical (unpaired) electrons. The van der Waals surface area contributed by atoms with Gasteiger partial charge < -0.3 is 81.8 Å². The number of morpholine rings is 3. The molecule has 31 nitrogen and oxygen atoms in total. The highest BCUT2D eigenvalue weighted by Crippen LogP contribution is 2.56. The molecule has 3 amide bonds. The van der Waals surface area contributed by atoms with Crippen LogP contribution < -0.4 is 44.2 Å². The Kier molecular flexibility index (Phi) is 35.5. The van der Waals surface area contributed by atoms with Crippen LogP contribution >= 0.6 is 22.9 Å². The van der Waals surface area contributed by atoms with Gasteiger partial charge in [-0.1, -0.05) is 43.2 Å². The number of likely N-dealkylation sites (N-methyl/N-ethyl adjacent to an activating group) is 2. The first-order valence-corrected chi connectivity index (χ1v) is 38.8. The monoisotopic (exact) mass is 1420 g/mol. The Morgan fingerprint density at radius 3 is 1.70 bits per heavy atom. The maximum absolute atomic E-state index is 15.0. The van der Waals surface area contributed by atoms with Gasteiger partial charge in [0, 0.05) is 117 Å².